The first-order valence-electron chi connectivity index (χ1n) is 12.6. The molecule has 1 fully saturated rings. The van der Waals surface area contributed by atoms with Gasteiger partial charge < -0.3 is 9.47 Å². The highest BCUT2D eigenvalue weighted by atomic mass is 16.6. The Morgan fingerprint density at radius 1 is 0.875 bits per heavy atom. The third kappa shape index (κ3) is 2.71. The molecule has 0 aromatic heterocycles. The van der Waals surface area contributed by atoms with Crippen LogP contribution in [0.15, 0.2) is 60.2 Å². The molecule has 0 amide bonds. The molecule has 4 atom stereocenters. The van der Waals surface area contributed by atoms with E-state index in [9.17, 15) is 0 Å². The van der Waals surface area contributed by atoms with E-state index in [0.29, 0.717) is 31.0 Å². The molecule has 1 aliphatic heterocycles. The van der Waals surface area contributed by atoms with Gasteiger partial charge in [0.05, 0.1) is 0 Å². The zero-order chi connectivity index (χ0) is 21.9. The molecule has 166 valence electrons. The molecule has 0 N–H and O–H groups in total. The highest BCUT2D eigenvalue weighted by Crippen LogP contribution is 2.62. The first-order valence-corrected chi connectivity index (χ1v) is 12.6. The van der Waals surface area contributed by atoms with E-state index in [1.807, 2.05) is 0 Å². The monoisotopic (exact) mass is 426 g/mol. The SMILES string of the molecule is CCC1CC(c2ccccc2)C2C=C3C(=CC12)c1cc2c(cc1C3(CC)CC)OCCO2. The molecule has 0 saturated heterocycles. The highest BCUT2D eigenvalue weighted by molar-refractivity contribution is 5.92. The van der Waals surface area contributed by atoms with Crippen LogP contribution < -0.4 is 9.47 Å². The van der Waals surface area contributed by atoms with Gasteiger partial charge in [0.1, 0.15) is 13.2 Å². The van der Waals surface area contributed by atoms with Crippen LogP contribution in [0.5, 0.6) is 11.5 Å². The molecule has 2 heteroatoms. The molecule has 2 aromatic carbocycles. The van der Waals surface area contributed by atoms with Gasteiger partial charge in [-0.2, -0.15) is 0 Å². The van der Waals surface area contributed by atoms with Gasteiger partial charge >= 0.3 is 0 Å². The second kappa shape index (κ2) is 7.54. The van der Waals surface area contributed by atoms with Crippen molar-refractivity contribution in [3.05, 3.63) is 76.9 Å². The van der Waals surface area contributed by atoms with Gasteiger partial charge in [-0.05, 0) is 82.9 Å². The number of allylic oxidation sites excluding steroid dienone is 4. The van der Waals surface area contributed by atoms with Gasteiger partial charge in [-0.3, -0.25) is 0 Å². The summed E-state index contributed by atoms with van der Waals surface area (Å²) in [5.41, 5.74) is 7.48. The molecule has 6 rings (SSSR count). The average Bonchev–Trinajstić information content (AvgIpc) is 3.34. The fourth-order valence-corrected chi connectivity index (χ4v) is 7.28. The summed E-state index contributed by atoms with van der Waals surface area (Å²) in [4.78, 5) is 0. The van der Waals surface area contributed by atoms with Crippen LogP contribution in [0.2, 0.25) is 0 Å². The van der Waals surface area contributed by atoms with Gasteiger partial charge in [-0.25, -0.2) is 0 Å². The summed E-state index contributed by atoms with van der Waals surface area (Å²) in [6, 6.07) is 15.8. The molecular formula is C30H34O2. The van der Waals surface area contributed by atoms with Crippen LogP contribution >= 0.6 is 0 Å². The quantitative estimate of drug-likeness (QED) is 0.511. The molecule has 1 heterocycles. The lowest BCUT2D eigenvalue weighted by molar-refractivity contribution is 0.171. The summed E-state index contributed by atoms with van der Waals surface area (Å²) in [7, 11) is 0. The fourth-order valence-electron chi connectivity index (χ4n) is 7.28. The van der Waals surface area contributed by atoms with Crippen molar-refractivity contribution in [3.63, 3.8) is 0 Å². The van der Waals surface area contributed by atoms with Crippen molar-refractivity contribution in [2.75, 3.05) is 13.2 Å². The second-order valence-corrected chi connectivity index (χ2v) is 10.1. The zero-order valence-electron chi connectivity index (χ0n) is 19.6. The van der Waals surface area contributed by atoms with E-state index in [2.05, 4.69) is 75.4 Å². The summed E-state index contributed by atoms with van der Waals surface area (Å²) >= 11 is 0. The number of benzene rings is 2. The lowest BCUT2D eigenvalue weighted by atomic mass is 9.69. The van der Waals surface area contributed by atoms with Crippen molar-refractivity contribution in [1.29, 1.82) is 0 Å². The molecule has 2 aromatic rings. The summed E-state index contributed by atoms with van der Waals surface area (Å²) in [6.45, 7) is 8.38. The van der Waals surface area contributed by atoms with Crippen molar-refractivity contribution in [3.8, 4) is 11.5 Å². The largest absolute Gasteiger partial charge is 0.486 e. The van der Waals surface area contributed by atoms with Crippen LogP contribution in [0.1, 0.15) is 69.1 Å². The van der Waals surface area contributed by atoms with Crippen LogP contribution in [0, 0.1) is 17.8 Å². The summed E-state index contributed by atoms with van der Waals surface area (Å²) < 4.78 is 12.0. The lowest BCUT2D eigenvalue weighted by Gasteiger charge is -2.35. The third-order valence-corrected chi connectivity index (χ3v) is 8.98. The Balaban J connectivity index is 1.52. The topological polar surface area (TPSA) is 18.5 Å². The van der Waals surface area contributed by atoms with Gasteiger partial charge in [0, 0.05) is 5.41 Å². The number of ether oxygens (including phenoxy) is 2. The minimum Gasteiger partial charge on any atom is -0.486 e. The van der Waals surface area contributed by atoms with Gasteiger partial charge in [-0.15, -0.1) is 0 Å². The maximum atomic E-state index is 6.00. The van der Waals surface area contributed by atoms with Gasteiger partial charge in [0.15, 0.2) is 11.5 Å². The minimum absolute atomic E-state index is 0.0769. The summed E-state index contributed by atoms with van der Waals surface area (Å²) in [5, 5.41) is 0. The Bertz CT molecular complexity index is 1090. The smallest absolute Gasteiger partial charge is 0.161 e. The van der Waals surface area contributed by atoms with Gasteiger partial charge in [-0.1, -0.05) is 69.7 Å². The van der Waals surface area contributed by atoms with E-state index >= 15 is 0 Å². The Labute approximate surface area is 192 Å². The Morgan fingerprint density at radius 2 is 1.59 bits per heavy atom. The van der Waals surface area contributed by atoms with E-state index in [0.717, 1.165) is 30.3 Å². The van der Waals surface area contributed by atoms with E-state index in [1.165, 1.54) is 35.1 Å². The Morgan fingerprint density at radius 3 is 2.28 bits per heavy atom. The molecule has 4 unspecified atom stereocenters. The normalized spacial score (nSPS) is 29.0. The number of hydrogen-bond donors (Lipinski definition) is 0. The van der Waals surface area contributed by atoms with E-state index in [4.69, 9.17) is 9.47 Å². The third-order valence-electron chi connectivity index (χ3n) is 8.98. The Hall–Kier alpha value is -2.48. The maximum Gasteiger partial charge on any atom is 0.161 e. The van der Waals surface area contributed by atoms with Crippen LogP contribution in [0.3, 0.4) is 0 Å². The van der Waals surface area contributed by atoms with E-state index in [1.54, 1.807) is 5.57 Å². The van der Waals surface area contributed by atoms with Crippen LogP contribution in [0.4, 0.5) is 0 Å². The molecular weight excluding hydrogens is 392 g/mol. The number of hydrogen-bond acceptors (Lipinski definition) is 2. The molecule has 1 saturated carbocycles. The highest BCUT2D eigenvalue weighted by Gasteiger charge is 2.50. The molecule has 2 nitrogen and oxygen atoms in total. The van der Waals surface area contributed by atoms with E-state index in [-0.39, 0.29) is 5.41 Å². The summed E-state index contributed by atoms with van der Waals surface area (Å²) in [5.74, 6) is 4.42. The predicted octanol–water partition coefficient (Wildman–Crippen LogP) is 7.30. The minimum atomic E-state index is 0.0769. The van der Waals surface area contributed by atoms with Crippen LogP contribution in [0.25, 0.3) is 5.57 Å². The fraction of sp³-hybridized carbons (Fsp3) is 0.467. The molecule has 4 aliphatic rings. The van der Waals surface area contributed by atoms with Crippen molar-refractivity contribution in [2.45, 2.75) is 57.8 Å². The lowest BCUT2D eigenvalue weighted by Crippen LogP contribution is -2.27. The van der Waals surface area contributed by atoms with Crippen molar-refractivity contribution in [1.82, 2.24) is 0 Å². The second-order valence-electron chi connectivity index (χ2n) is 10.1. The van der Waals surface area contributed by atoms with Gasteiger partial charge in [0.25, 0.3) is 0 Å². The molecule has 0 spiro atoms. The molecule has 3 aliphatic carbocycles. The van der Waals surface area contributed by atoms with Crippen LogP contribution in [-0.4, -0.2) is 13.2 Å². The maximum absolute atomic E-state index is 6.00. The standard InChI is InChI=1S/C30H34O2/c1-4-19-14-21(20-10-8-7-9-11-20)23-16-26-24(15-22(19)23)25-17-28-29(32-13-12-31-28)18-27(25)30(26,5-2)6-3/h7-11,15-19,21-23H,4-6,12-14H2,1-3H3. The molecule has 0 radical (unpaired) electrons. The number of rotatable bonds is 4. The first-order chi connectivity index (χ1) is 15.7. The van der Waals surface area contributed by atoms with Crippen molar-refractivity contribution in [2.24, 2.45) is 17.8 Å². The number of fused-ring (bicyclic) bond motifs is 5. The Kier molecular flexibility index (Phi) is 4.75. The molecule has 32 heavy (non-hydrogen) atoms. The summed E-state index contributed by atoms with van der Waals surface area (Å²) in [6.07, 6.45) is 10.1. The van der Waals surface area contributed by atoms with Gasteiger partial charge in [0.2, 0.25) is 0 Å². The van der Waals surface area contributed by atoms with Crippen molar-refractivity contribution >= 4 is 5.57 Å². The van der Waals surface area contributed by atoms with E-state index < -0.39 is 0 Å². The molecule has 0 bridgehead atoms. The predicted molar refractivity (Wildman–Crippen MR) is 130 cm³/mol. The van der Waals surface area contributed by atoms with Crippen molar-refractivity contribution < 1.29 is 9.47 Å². The zero-order valence-corrected chi connectivity index (χ0v) is 19.6. The van der Waals surface area contributed by atoms with Crippen LogP contribution in [-0.2, 0) is 5.41 Å². The average molecular weight is 427 g/mol. The first kappa shape index (κ1) is 20.1.